The second kappa shape index (κ2) is 32.6. The molecule has 24 nitrogen and oxygen atoms in total. The average Bonchev–Trinajstić information content (AvgIpc) is 1.62. The van der Waals surface area contributed by atoms with Gasteiger partial charge in [0.25, 0.3) is 17.6 Å². The molecule has 26 heteroatoms. The lowest BCUT2D eigenvalue weighted by Gasteiger charge is -2.38. The van der Waals surface area contributed by atoms with E-state index in [1.165, 1.54) is 78.0 Å². The number of hydrazone groups is 1. The van der Waals surface area contributed by atoms with E-state index in [9.17, 15) is 44.7 Å². The van der Waals surface area contributed by atoms with Crippen molar-refractivity contribution in [1.29, 1.82) is 0 Å². The molecule has 532 valence electrons. The molecule has 0 unspecified atom stereocenters. The number of allylic oxidation sites excluding steroid dienone is 2. The molecule has 5 bridgehead atoms. The molecule has 0 spiro atoms. The van der Waals surface area contributed by atoms with Crippen molar-refractivity contribution in [3.05, 3.63) is 177 Å². The van der Waals surface area contributed by atoms with Crippen molar-refractivity contribution < 1.29 is 63.7 Å². The number of piperazine rings is 1. The summed E-state index contributed by atoms with van der Waals surface area (Å²) in [5.41, 5.74) is 11.3. The predicted octanol–water partition coefficient (Wildman–Crippen LogP) is 11.4. The van der Waals surface area contributed by atoms with Crippen LogP contribution in [0.25, 0.3) is 38.9 Å². The van der Waals surface area contributed by atoms with E-state index in [0.717, 1.165) is 57.9 Å². The minimum absolute atomic E-state index is 0.0559. The number of likely N-dealkylation sites (N-methyl/N-ethyl adjacent to an activating group) is 1. The third-order valence-electron chi connectivity index (χ3n) is 18.0. The number of phenolic OH excluding ortho intramolecular Hbond substituents is 3. The molecule has 2 amide bonds. The van der Waals surface area contributed by atoms with Gasteiger partial charge in [-0.2, -0.15) is 5.10 Å². The number of rotatable bonds is 9. The molecule has 1 aromatic heterocycles. The number of aromatic hydroxyl groups is 3. The molecule has 6 heterocycles. The highest BCUT2D eigenvalue weighted by Gasteiger charge is 2.50. The Morgan fingerprint density at radius 1 is 0.861 bits per heavy atom. The van der Waals surface area contributed by atoms with Crippen molar-refractivity contribution in [2.45, 2.75) is 105 Å². The molecule has 0 saturated carbocycles. The van der Waals surface area contributed by atoms with Crippen LogP contribution in [0.5, 0.6) is 23.0 Å². The Balaban J connectivity index is 0.000000233. The Labute approximate surface area is 595 Å². The summed E-state index contributed by atoms with van der Waals surface area (Å²) in [5, 5.41) is 72.6. The maximum Gasteiger partial charge on any atom is 0.312 e. The zero-order chi connectivity index (χ0) is 73.3. The van der Waals surface area contributed by atoms with Crippen LogP contribution in [0, 0.1) is 30.6 Å². The van der Waals surface area contributed by atoms with Gasteiger partial charge in [-0.15, -0.1) is 0 Å². The first-order valence-electron chi connectivity index (χ1n) is 32.9. The molecule has 5 aromatic carbocycles. The van der Waals surface area contributed by atoms with Crippen molar-refractivity contribution in [2.24, 2.45) is 39.5 Å². The van der Waals surface area contributed by atoms with Gasteiger partial charge in [-0.1, -0.05) is 81.3 Å². The molecule has 1 aliphatic carbocycles. The fraction of sp³-hybridized carbons (Fsp3) is 0.347. The van der Waals surface area contributed by atoms with Gasteiger partial charge in [0, 0.05) is 127 Å². The minimum Gasteiger partial charge on any atom is -0.507 e. The van der Waals surface area contributed by atoms with Crippen molar-refractivity contribution in [1.82, 2.24) is 29.4 Å². The molecule has 0 radical (unpaired) electrons. The lowest BCUT2D eigenvalue weighted by molar-refractivity contribution is -0.160. The highest BCUT2D eigenvalue weighted by molar-refractivity contribution is 6.31. The van der Waals surface area contributed by atoms with Gasteiger partial charge in [-0.25, -0.2) is 9.97 Å². The van der Waals surface area contributed by atoms with E-state index in [1.807, 2.05) is 73.8 Å². The molecule has 9 N–H and O–H groups in total. The van der Waals surface area contributed by atoms with Crippen molar-refractivity contribution in [3.8, 4) is 40.1 Å². The number of hydrogen-bond acceptors (Lipinski definition) is 21. The number of ether oxygens (including phenoxy) is 4. The summed E-state index contributed by atoms with van der Waals surface area (Å²) in [4.78, 5) is 70.1. The number of methoxy groups -OCH3 is 1. The van der Waals surface area contributed by atoms with Crippen LogP contribution in [0.1, 0.15) is 94.3 Å². The van der Waals surface area contributed by atoms with E-state index in [0.29, 0.717) is 23.1 Å². The largest absolute Gasteiger partial charge is 0.507 e. The van der Waals surface area contributed by atoms with Gasteiger partial charge in [0.1, 0.15) is 29.0 Å². The number of aliphatic hydroxyl groups excluding tert-OH is 2. The first kappa shape index (κ1) is 75.3. The number of nitrogens with two attached hydrogens (primary N) is 1. The molecule has 1 saturated heterocycles. The number of hydrogen-bond donors (Lipinski definition) is 8. The van der Waals surface area contributed by atoms with Crippen LogP contribution < -0.4 is 26.5 Å². The maximum atomic E-state index is 14.4. The summed E-state index contributed by atoms with van der Waals surface area (Å²) < 4.78 is 25.8. The molecule has 6 aromatic rings. The number of ketones is 1. The fourth-order valence-electron chi connectivity index (χ4n) is 12.2. The lowest BCUT2D eigenvalue weighted by Crippen LogP contribution is -2.46. The second-order valence-corrected chi connectivity index (χ2v) is 26.6. The maximum absolute atomic E-state index is 14.4. The van der Waals surface area contributed by atoms with Gasteiger partial charge in [0.15, 0.2) is 5.75 Å². The van der Waals surface area contributed by atoms with Crippen LogP contribution in [-0.4, -0.2) is 161 Å². The first-order chi connectivity index (χ1) is 48.0. The molecular formula is C75H85Cl2N11O13. The van der Waals surface area contributed by atoms with Crippen LogP contribution in [0.15, 0.2) is 150 Å². The lowest BCUT2D eigenvalue weighted by atomic mass is 9.78. The average molecular weight is 1420 g/mol. The Bertz CT molecular complexity index is 4520. The van der Waals surface area contributed by atoms with Gasteiger partial charge in [-0.05, 0) is 114 Å². The Morgan fingerprint density at radius 3 is 2.16 bits per heavy atom. The van der Waals surface area contributed by atoms with E-state index in [1.54, 1.807) is 44.9 Å². The quantitative estimate of drug-likeness (QED) is 0.0219. The molecule has 1 fully saturated rings. The highest BCUT2D eigenvalue weighted by Crippen LogP contribution is 2.55. The van der Waals surface area contributed by atoms with Crippen LogP contribution in [0.4, 0.5) is 17.1 Å². The number of benzene rings is 6. The van der Waals surface area contributed by atoms with Gasteiger partial charge in [0.05, 0.1) is 92.7 Å². The third-order valence-corrected chi connectivity index (χ3v) is 18.5. The van der Waals surface area contributed by atoms with Crippen molar-refractivity contribution in [2.75, 3.05) is 51.0 Å². The zero-order valence-corrected chi connectivity index (χ0v) is 59.7. The van der Waals surface area contributed by atoms with Gasteiger partial charge < -0.3 is 70.3 Å². The Kier molecular flexibility index (Phi) is 24.3. The van der Waals surface area contributed by atoms with Gasteiger partial charge in [0.2, 0.25) is 0 Å². The van der Waals surface area contributed by atoms with Gasteiger partial charge in [-0.3, -0.25) is 34.2 Å². The summed E-state index contributed by atoms with van der Waals surface area (Å²) in [6, 6.07) is 27.9. The van der Waals surface area contributed by atoms with Crippen LogP contribution >= 0.6 is 23.2 Å². The molecule has 12 rings (SSSR count). The number of esters is 1. The number of carbonyl (C=O) groups excluding carboxylic acids is 4. The number of carbonyl (C=O) groups is 4. The number of fused-ring (bicyclic) bond motifs is 16. The van der Waals surface area contributed by atoms with E-state index in [2.05, 4.69) is 67.2 Å². The standard InChI is InChI=1S/C43H58N4O12.C27H22Cl2N4.C5H5N3O/c1-21-12-11-13-22(2)42(55)45-33-28(20-44-47-17-15-46(9)16-18-47)37(52)30-31(38(33)53)36(51)26(6)40-32(30)41(54)43(8,59-40)57-19-14-29(56-10)23(3)39(58-27(7)48)25(5)35(50)24(4)34(21)49;1-17(2)30-24-16-27-25(15-23(24)31-20-11-7-18(28)8-12-20)32-22-5-3-4-6-26(22)33(27)21-13-9-19(29)10-14-21;6-5(9)4-3-7-1-2-8-4/h11-14,19-21,23-25,29,34-35,39,49-53H,15-18H2,1-10H3,(H,45,55);3-17,31H,1-2H3;1-3H,(H2,6,9)/b12-11+,19-14+,22-13-,44-20+;30-24+;/t21-,23+,24+,25+,29-,34-,35+,39+,43-;;/m0../s1. The van der Waals surface area contributed by atoms with E-state index >= 15 is 0 Å². The smallest absolute Gasteiger partial charge is 0.312 e. The highest BCUT2D eigenvalue weighted by atomic mass is 35.5. The Morgan fingerprint density at radius 2 is 1.53 bits per heavy atom. The number of nitrogens with zero attached hydrogens (tertiary/aromatic N) is 8. The summed E-state index contributed by atoms with van der Waals surface area (Å²) in [6.45, 7) is 19.2. The molecular weight excluding hydrogens is 1330 g/mol. The van der Waals surface area contributed by atoms with Crippen LogP contribution in [0.2, 0.25) is 10.0 Å². The molecule has 6 aliphatic rings. The second-order valence-electron chi connectivity index (χ2n) is 25.7. The number of nitrogens with one attached hydrogen (secondary N) is 2. The molecule has 5 aliphatic heterocycles. The molecule has 9 atom stereocenters. The summed E-state index contributed by atoms with van der Waals surface area (Å²) >= 11 is 12.2. The molecule has 101 heavy (non-hydrogen) atoms. The van der Waals surface area contributed by atoms with Crippen molar-refractivity contribution >= 4 is 91.9 Å². The van der Waals surface area contributed by atoms with E-state index in [4.69, 9.17) is 57.9 Å². The normalized spacial score (nSPS) is 23.5. The number of Topliss-reactive ketones (excluding diaryl/α,β-unsaturated/α-hetero) is 1. The van der Waals surface area contributed by atoms with Crippen LogP contribution in [-0.2, 0) is 23.8 Å². The van der Waals surface area contributed by atoms with Gasteiger partial charge >= 0.3 is 11.8 Å². The summed E-state index contributed by atoms with van der Waals surface area (Å²) in [6.07, 6.45) is 9.08. The topological polar surface area (TPSA) is 331 Å². The number of amides is 2. The number of para-hydroxylation sites is 2. The number of aromatic nitrogens is 4. The number of halogens is 2. The monoisotopic (exact) mass is 1420 g/mol. The van der Waals surface area contributed by atoms with Crippen molar-refractivity contribution in [3.63, 3.8) is 0 Å². The minimum atomic E-state index is -2.04. The summed E-state index contributed by atoms with van der Waals surface area (Å²) in [5.74, 6) is -8.90. The Hall–Kier alpha value is -9.95. The number of aliphatic hydroxyl groups is 2. The predicted molar refractivity (Wildman–Crippen MR) is 389 cm³/mol. The first-order valence-corrected chi connectivity index (χ1v) is 33.7. The van der Waals surface area contributed by atoms with Crippen LogP contribution in [0.3, 0.4) is 0 Å². The zero-order valence-electron chi connectivity index (χ0n) is 58.2. The fourth-order valence-corrected chi connectivity index (χ4v) is 12.5. The number of anilines is 3. The third kappa shape index (κ3) is 17.1. The summed E-state index contributed by atoms with van der Waals surface area (Å²) in [7, 11) is 3.42. The van der Waals surface area contributed by atoms with E-state index in [-0.39, 0.29) is 56.2 Å². The van der Waals surface area contributed by atoms with E-state index < -0.39 is 94.7 Å². The SMILES string of the molecule is CC(C)/N=c1\cc2n(-c3ccc(Cl)cc3)c3ccccc3nc-2cc1Nc1ccc(Cl)cc1.CO[C@H]1/C=C/O[C@@]2(C)Oc3c(C)c(O)c4c(O)c(c(/C=N/N5CCN(C)CC5)c(O)c4c3C2=O)NC(=O)/C(C)=C\C=C\[C@H](C)[C@H](O)[C@@H](C)[C@@H](O)[C@@H](C)[C@H](OC(C)=O)[C@@H]1C.NC(=O)c1cnccn1. The number of phenols is 3. The number of primary amides is 1.